The van der Waals surface area contributed by atoms with Crippen molar-refractivity contribution in [3.8, 4) is 0 Å². The molecule has 1 saturated carbocycles. The third kappa shape index (κ3) is 3.29. The number of carbonyl (C=O) groups is 1. The van der Waals surface area contributed by atoms with E-state index in [1.165, 1.54) is 6.07 Å². The lowest BCUT2D eigenvalue weighted by Gasteiger charge is -2.34. The molecule has 0 unspecified atom stereocenters. The van der Waals surface area contributed by atoms with Crippen molar-refractivity contribution < 1.29 is 9.72 Å². The van der Waals surface area contributed by atoms with E-state index in [1.54, 1.807) is 11.9 Å². The summed E-state index contributed by atoms with van der Waals surface area (Å²) >= 11 is 0. The van der Waals surface area contributed by atoms with Gasteiger partial charge in [0, 0.05) is 25.7 Å². The molecular weight excluding hydrogens is 272 g/mol. The minimum absolute atomic E-state index is 0.100. The van der Waals surface area contributed by atoms with E-state index < -0.39 is 4.92 Å². The Bertz CT molecular complexity index is 543. The fraction of sp³-hybridized carbons (Fsp3) is 0.571. The number of hydrogen-bond acceptors (Lipinski definition) is 5. The predicted molar refractivity (Wildman–Crippen MR) is 79.4 cm³/mol. The number of pyridine rings is 1. The van der Waals surface area contributed by atoms with Crippen molar-refractivity contribution in [2.45, 2.75) is 38.6 Å². The van der Waals surface area contributed by atoms with E-state index in [1.807, 2.05) is 6.92 Å². The van der Waals surface area contributed by atoms with E-state index in [2.05, 4.69) is 10.3 Å². The Kier molecular flexibility index (Phi) is 4.72. The lowest BCUT2D eigenvalue weighted by Crippen LogP contribution is -2.41. The first-order valence-electron chi connectivity index (χ1n) is 7.20. The summed E-state index contributed by atoms with van der Waals surface area (Å²) in [6.07, 6.45) is 5.08. The van der Waals surface area contributed by atoms with Crippen LogP contribution in [0.5, 0.6) is 0 Å². The first kappa shape index (κ1) is 15.2. The highest BCUT2D eigenvalue weighted by Crippen LogP contribution is 2.28. The Morgan fingerprint density at radius 3 is 2.81 bits per heavy atom. The van der Waals surface area contributed by atoms with Crippen molar-refractivity contribution in [1.82, 2.24) is 9.88 Å². The number of nitrogens with zero attached hydrogens (tertiary/aromatic N) is 3. The molecule has 1 amide bonds. The molecule has 1 N–H and O–H groups in total. The molecule has 2 rings (SSSR count). The summed E-state index contributed by atoms with van der Waals surface area (Å²) in [5.74, 6) is 0.182. The topological polar surface area (TPSA) is 88.4 Å². The van der Waals surface area contributed by atoms with Gasteiger partial charge >= 0.3 is 0 Å². The molecule has 1 fully saturated rings. The molecule has 0 aliphatic heterocycles. The SMILES string of the molecule is CCCNc1cc(C(=O)N(C)C2CCC2)c([N+](=O)[O-])cn1. The summed E-state index contributed by atoms with van der Waals surface area (Å²) < 4.78 is 0. The zero-order valence-corrected chi connectivity index (χ0v) is 12.3. The average molecular weight is 292 g/mol. The van der Waals surface area contributed by atoms with Gasteiger partial charge in [-0.25, -0.2) is 4.98 Å². The van der Waals surface area contributed by atoms with Gasteiger partial charge in [0.15, 0.2) is 0 Å². The Morgan fingerprint density at radius 2 is 2.29 bits per heavy atom. The van der Waals surface area contributed by atoms with Crippen LogP contribution in [0.4, 0.5) is 11.5 Å². The highest BCUT2D eigenvalue weighted by atomic mass is 16.6. The van der Waals surface area contributed by atoms with Crippen molar-refractivity contribution in [3.05, 3.63) is 27.9 Å². The summed E-state index contributed by atoms with van der Waals surface area (Å²) in [5.41, 5.74) is -0.142. The van der Waals surface area contributed by atoms with Crippen molar-refractivity contribution in [2.24, 2.45) is 0 Å². The highest BCUT2D eigenvalue weighted by molar-refractivity contribution is 5.98. The monoisotopic (exact) mass is 292 g/mol. The largest absolute Gasteiger partial charge is 0.370 e. The van der Waals surface area contributed by atoms with Crippen molar-refractivity contribution in [1.29, 1.82) is 0 Å². The summed E-state index contributed by atoms with van der Waals surface area (Å²) in [6, 6.07) is 1.67. The van der Waals surface area contributed by atoms with Crippen LogP contribution in [0.2, 0.25) is 0 Å². The first-order chi connectivity index (χ1) is 10.0. The van der Waals surface area contributed by atoms with Gasteiger partial charge in [0.05, 0.1) is 4.92 Å². The number of hydrogen-bond donors (Lipinski definition) is 1. The van der Waals surface area contributed by atoms with Gasteiger partial charge in [0.2, 0.25) is 0 Å². The second kappa shape index (κ2) is 6.51. The predicted octanol–water partition coefficient (Wildman–Crippen LogP) is 2.44. The molecule has 0 aromatic carbocycles. The van der Waals surface area contributed by atoms with Gasteiger partial charge in [-0.15, -0.1) is 0 Å². The molecule has 0 radical (unpaired) electrons. The van der Waals surface area contributed by atoms with Crippen LogP contribution in [0.3, 0.4) is 0 Å². The third-order valence-electron chi connectivity index (χ3n) is 3.81. The molecule has 1 heterocycles. The van der Waals surface area contributed by atoms with Gasteiger partial charge in [-0.2, -0.15) is 0 Å². The zero-order chi connectivity index (χ0) is 15.4. The average Bonchev–Trinajstić information content (AvgIpc) is 2.41. The van der Waals surface area contributed by atoms with Crippen LogP contribution < -0.4 is 5.32 Å². The number of anilines is 1. The molecule has 0 bridgehead atoms. The van der Waals surface area contributed by atoms with Gasteiger partial charge < -0.3 is 10.2 Å². The Morgan fingerprint density at radius 1 is 1.57 bits per heavy atom. The molecule has 0 saturated heterocycles. The molecule has 7 nitrogen and oxygen atoms in total. The second-order valence-electron chi connectivity index (χ2n) is 5.27. The number of aromatic nitrogens is 1. The van der Waals surface area contributed by atoms with Crippen LogP contribution in [-0.2, 0) is 0 Å². The quantitative estimate of drug-likeness (QED) is 0.642. The minimum Gasteiger partial charge on any atom is -0.370 e. The number of carbonyl (C=O) groups excluding carboxylic acids is 1. The molecule has 21 heavy (non-hydrogen) atoms. The van der Waals surface area contributed by atoms with Crippen LogP contribution in [0.1, 0.15) is 43.0 Å². The summed E-state index contributed by atoms with van der Waals surface area (Å²) in [6.45, 7) is 2.71. The standard InChI is InChI=1S/C14H20N4O3/c1-3-7-15-13-8-11(12(9-16-13)18(20)21)14(19)17(2)10-5-4-6-10/h8-10H,3-7H2,1-2H3,(H,15,16). The van der Waals surface area contributed by atoms with Gasteiger partial charge in [-0.1, -0.05) is 6.92 Å². The van der Waals surface area contributed by atoms with Crippen LogP contribution in [0.15, 0.2) is 12.3 Å². The van der Waals surface area contributed by atoms with Crippen LogP contribution in [0.25, 0.3) is 0 Å². The van der Waals surface area contributed by atoms with Crippen LogP contribution in [-0.4, -0.2) is 40.3 Å². The molecule has 1 aromatic rings. The summed E-state index contributed by atoms with van der Waals surface area (Å²) in [5, 5.41) is 14.1. The molecule has 0 spiro atoms. The van der Waals surface area contributed by atoms with E-state index in [4.69, 9.17) is 0 Å². The lowest BCUT2D eigenvalue weighted by molar-refractivity contribution is -0.385. The van der Waals surface area contributed by atoms with Crippen LogP contribution >= 0.6 is 0 Å². The highest BCUT2D eigenvalue weighted by Gasteiger charge is 2.30. The first-order valence-corrected chi connectivity index (χ1v) is 7.20. The molecule has 7 heteroatoms. The van der Waals surface area contributed by atoms with Gasteiger partial charge in [-0.3, -0.25) is 14.9 Å². The Balaban J connectivity index is 2.28. The molecule has 0 atom stereocenters. The number of nitro groups is 1. The van der Waals surface area contributed by atoms with E-state index in [-0.39, 0.29) is 23.2 Å². The van der Waals surface area contributed by atoms with Gasteiger partial charge in [-0.05, 0) is 25.7 Å². The maximum Gasteiger partial charge on any atom is 0.300 e. The normalized spacial score (nSPS) is 14.4. The fourth-order valence-corrected chi connectivity index (χ4v) is 2.24. The smallest absolute Gasteiger partial charge is 0.300 e. The van der Waals surface area contributed by atoms with E-state index in [9.17, 15) is 14.9 Å². The minimum atomic E-state index is -0.557. The molecule has 1 aliphatic carbocycles. The van der Waals surface area contributed by atoms with Crippen molar-refractivity contribution in [3.63, 3.8) is 0 Å². The van der Waals surface area contributed by atoms with E-state index in [0.29, 0.717) is 12.4 Å². The zero-order valence-electron chi connectivity index (χ0n) is 12.3. The molecular formula is C14H20N4O3. The van der Waals surface area contributed by atoms with Crippen LogP contribution in [0, 0.1) is 10.1 Å². The maximum absolute atomic E-state index is 12.5. The number of nitrogens with one attached hydrogen (secondary N) is 1. The van der Waals surface area contributed by atoms with Gasteiger partial charge in [0.25, 0.3) is 11.6 Å². The molecule has 1 aliphatic rings. The molecule has 1 aromatic heterocycles. The fourth-order valence-electron chi connectivity index (χ4n) is 2.24. The Hall–Kier alpha value is -2.18. The van der Waals surface area contributed by atoms with E-state index in [0.717, 1.165) is 31.9 Å². The summed E-state index contributed by atoms with van der Waals surface area (Å²) in [7, 11) is 1.70. The number of rotatable bonds is 6. The Labute approximate surface area is 123 Å². The second-order valence-corrected chi connectivity index (χ2v) is 5.27. The van der Waals surface area contributed by atoms with Crippen molar-refractivity contribution >= 4 is 17.4 Å². The summed E-state index contributed by atoms with van der Waals surface area (Å²) in [4.78, 5) is 28.6. The molecule has 114 valence electrons. The maximum atomic E-state index is 12.5. The lowest BCUT2D eigenvalue weighted by atomic mass is 9.91. The van der Waals surface area contributed by atoms with Crippen molar-refractivity contribution in [2.75, 3.05) is 18.9 Å². The van der Waals surface area contributed by atoms with Gasteiger partial charge in [0.1, 0.15) is 17.6 Å². The number of amides is 1. The third-order valence-corrected chi connectivity index (χ3v) is 3.81. The van der Waals surface area contributed by atoms with E-state index >= 15 is 0 Å².